The Balaban J connectivity index is 1.50. The van der Waals surface area contributed by atoms with Gasteiger partial charge in [-0.2, -0.15) is 22.3 Å². The molecule has 3 aromatic rings. The molecule has 4 rings (SSSR count). The van der Waals surface area contributed by atoms with Crippen molar-refractivity contribution in [3.05, 3.63) is 54.1 Å². The lowest BCUT2D eigenvalue weighted by Gasteiger charge is -2.44. The number of anilines is 2. The summed E-state index contributed by atoms with van der Waals surface area (Å²) in [5, 5.41) is 25.7. The number of nitrogens with one attached hydrogen (secondary N) is 1. The molecule has 1 aromatic heterocycles. The highest BCUT2D eigenvalue weighted by molar-refractivity contribution is 7.88. The maximum Gasteiger partial charge on any atom is 0.416 e. The zero-order chi connectivity index (χ0) is 23.1. The number of nitrogens with zero attached hydrogens (tertiary/aromatic N) is 5. The Hall–Kier alpha value is -3.03. The third-order valence-electron chi connectivity index (χ3n) is 4.96. The number of benzene rings is 2. The fourth-order valence-electron chi connectivity index (χ4n) is 3.31. The number of β-amino-alcohol motifs (C(OH)–C–C–N with tert-alkyl or cyclic N) is 1. The number of alkyl halides is 3. The van der Waals surface area contributed by atoms with E-state index in [0.717, 1.165) is 22.7 Å². The predicted molar refractivity (Wildman–Crippen MR) is 109 cm³/mol. The fourth-order valence-corrected chi connectivity index (χ4v) is 4.26. The van der Waals surface area contributed by atoms with Gasteiger partial charge in [0.25, 0.3) is 0 Å². The number of hydrogen-bond donors (Lipinski definition) is 2. The van der Waals surface area contributed by atoms with Crippen LogP contribution in [0.2, 0.25) is 0 Å². The van der Waals surface area contributed by atoms with Crippen LogP contribution in [-0.4, -0.2) is 63.0 Å². The molecule has 0 amide bonds. The molecule has 13 heteroatoms. The Morgan fingerprint density at radius 1 is 1.12 bits per heavy atom. The van der Waals surface area contributed by atoms with Gasteiger partial charge in [0.1, 0.15) is 5.60 Å². The molecule has 0 atom stereocenters. The summed E-state index contributed by atoms with van der Waals surface area (Å²) in [5.74, 6) is 0.239. The minimum Gasteiger partial charge on any atom is -0.385 e. The molecule has 170 valence electrons. The van der Waals surface area contributed by atoms with E-state index in [-0.39, 0.29) is 25.5 Å². The zero-order valence-corrected chi connectivity index (χ0v) is 17.6. The summed E-state index contributed by atoms with van der Waals surface area (Å²) in [6, 6.07) is 11.5. The van der Waals surface area contributed by atoms with Crippen molar-refractivity contribution in [1.82, 2.24) is 24.5 Å². The minimum absolute atomic E-state index is 0.0412. The van der Waals surface area contributed by atoms with E-state index in [1.54, 1.807) is 24.3 Å². The lowest BCUT2D eigenvalue weighted by Crippen LogP contribution is -2.65. The summed E-state index contributed by atoms with van der Waals surface area (Å²) in [6.07, 6.45) is -3.35. The molecular weight excluding hydrogens is 449 g/mol. The normalized spacial score (nSPS) is 16.5. The van der Waals surface area contributed by atoms with Crippen LogP contribution in [0.4, 0.5) is 24.5 Å². The molecule has 9 nitrogen and oxygen atoms in total. The second-order valence-electron chi connectivity index (χ2n) is 7.64. The quantitative estimate of drug-likeness (QED) is 0.570. The van der Waals surface area contributed by atoms with Crippen LogP contribution in [0, 0.1) is 0 Å². The Labute approximate surface area is 181 Å². The van der Waals surface area contributed by atoms with Crippen LogP contribution in [-0.2, 0) is 22.7 Å². The lowest BCUT2D eigenvalue weighted by atomic mass is 9.98. The molecule has 0 bridgehead atoms. The van der Waals surface area contributed by atoms with E-state index in [1.165, 1.54) is 16.9 Å². The van der Waals surface area contributed by atoms with Gasteiger partial charge in [-0.15, -0.1) is 10.2 Å². The van der Waals surface area contributed by atoms with Crippen molar-refractivity contribution in [2.75, 3.05) is 24.7 Å². The number of hydrogen-bond acceptors (Lipinski definition) is 7. The van der Waals surface area contributed by atoms with Crippen molar-refractivity contribution < 1.29 is 26.7 Å². The van der Waals surface area contributed by atoms with Crippen LogP contribution >= 0.6 is 0 Å². The number of para-hydroxylation sites is 1. The molecule has 2 aromatic carbocycles. The number of tetrazole rings is 1. The highest BCUT2D eigenvalue weighted by Gasteiger charge is 2.46. The minimum atomic E-state index is -4.41. The van der Waals surface area contributed by atoms with E-state index in [4.69, 9.17) is 0 Å². The molecule has 0 radical (unpaired) electrons. The first-order chi connectivity index (χ1) is 14.9. The molecule has 0 aliphatic carbocycles. The number of halogens is 3. The van der Waals surface area contributed by atoms with Gasteiger partial charge in [0, 0.05) is 30.0 Å². The van der Waals surface area contributed by atoms with E-state index in [0.29, 0.717) is 16.9 Å². The number of aliphatic hydroxyl groups is 1. The zero-order valence-electron chi connectivity index (χ0n) is 16.8. The van der Waals surface area contributed by atoms with Crippen LogP contribution < -0.4 is 5.32 Å². The van der Waals surface area contributed by atoms with Gasteiger partial charge < -0.3 is 10.4 Å². The summed E-state index contributed by atoms with van der Waals surface area (Å²) in [6.45, 7) is -0.163. The number of aromatic nitrogens is 4. The van der Waals surface area contributed by atoms with Crippen molar-refractivity contribution in [1.29, 1.82) is 0 Å². The Bertz CT molecular complexity index is 1220. The average molecular weight is 468 g/mol. The molecule has 0 saturated carbocycles. The smallest absolute Gasteiger partial charge is 0.385 e. The van der Waals surface area contributed by atoms with Crippen LogP contribution in [0.15, 0.2) is 48.5 Å². The summed E-state index contributed by atoms with van der Waals surface area (Å²) in [7, 11) is -3.38. The molecule has 1 aliphatic heterocycles. The fraction of sp³-hybridized carbons (Fsp3) is 0.316. The van der Waals surface area contributed by atoms with Crippen LogP contribution in [0.25, 0.3) is 11.4 Å². The summed E-state index contributed by atoms with van der Waals surface area (Å²) in [4.78, 5) is 1.18. The first kappa shape index (κ1) is 22.2. The van der Waals surface area contributed by atoms with Gasteiger partial charge in [-0.1, -0.05) is 12.1 Å². The SMILES string of the molecule is CS(=O)(=O)N1CC(O)(Cn2nnc(-c3ccccc3Nc3ccc(C(F)(F)F)cc3)n2)C1. The second-order valence-corrected chi connectivity index (χ2v) is 9.63. The van der Waals surface area contributed by atoms with Crippen molar-refractivity contribution in [2.24, 2.45) is 0 Å². The summed E-state index contributed by atoms with van der Waals surface area (Å²) in [5.41, 5.74) is -0.486. The van der Waals surface area contributed by atoms with E-state index in [9.17, 15) is 26.7 Å². The molecular formula is C19H19F3N6O3S. The van der Waals surface area contributed by atoms with Gasteiger partial charge in [0.2, 0.25) is 15.8 Å². The Kier molecular flexibility index (Phi) is 5.43. The van der Waals surface area contributed by atoms with Gasteiger partial charge in [0.05, 0.1) is 18.4 Å². The topological polar surface area (TPSA) is 113 Å². The van der Waals surface area contributed by atoms with Gasteiger partial charge >= 0.3 is 6.18 Å². The van der Waals surface area contributed by atoms with Crippen molar-refractivity contribution in [3.8, 4) is 11.4 Å². The average Bonchev–Trinajstić information content (AvgIpc) is 3.13. The molecule has 0 spiro atoms. The largest absolute Gasteiger partial charge is 0.416 e. The summed E-state index contributed by atoms with van der Waals surface area (Å²) < 4.78 is 62.4. The second kappa shape index (κ2) is 7.83. The maximum atomic E-state index is 12.8. The van der Waals surface area contributed by atoms with Crippen LogP contribution in [0.3, 0.4) is 0 Å². The Morgan fingerprint density at radius 3 is 2.41 bits per heavy atom. The highest BCUT2D eigenvalue weighted by atomic mass is 32.2. The first-order valence-electron chi connectivity index (χ1n) is 9.42. The van der Waals surface area contributed by atoms with Gasteiger partial charge in [0.15, 0.2) is 0 Å². The first-order valence-corrected chi connectivity index (χ1v) is 11.3. The molecule has 2 heterocycles. The molecule has 1 fully saturated rings. The molecule has 2 N–H and O–H groups in total. The van der Waals surface area contributed by atoms with E-state index in [2.05, 4.69) is 20.7 Å². The van der Waals surface area contributed by atoms with Crippen molar-refractivity contribution in [2.45, 2.75) is 18.3 Å². The van der Waals surface area contributed by atoms with Gasteiger partial charge in [-0.3, -0.25) is 0 Å². The number of sulfonamides is 1. The maximum absolute atomic E-state index is 12.8. The van der Waals surface area contributed by atoms with Gasteiger partial charge in [-0.25, -0.2) is 8.42 Å². The number of rotatable bonds is 6. The third-order valence-corrected chi connectivity index (χ3v) is 6.15. The van der Waals surface area contributed by atoms with Crippen LogP contribution in [0.1, 0.15) is 5.56 Å². The van der Waals surface area contributed by atoms with Crippen molar-refractivity contribution in [3.63, 3.8) is 0 Å². The van der Waals surface area contributed by atoms with E-state index >= 15 is 0 Å². The predicted octanol–water partition coefficient (Wildman–Crippen LogP) is 2.11. The molecule has 32 heavy (non-hydrogen) atoms. The Morgan fingerprint density at radius 2 is 1.78 bits per heavy atom. The monoisotopic (exact) mass is 468 g/mol. The molecule has 1 saturated heterocycles. The van der Waals surface area contributed by atoms with E-state index < -0.39 is 27.4 Å². The van der Waals surface area contributed by atoms with Gasteiger partial charge in [-0.05, 0) is 41.6 Å². The molecule has 1 aliphatic rings. The van der Waals surface area contributed by atoms with Crippen LogP contribution in [0.5, 0.6) is 0 Å². The highest BCUT2D eigenvalue weighted by Crippen LogP contribution is 2.32. The standard InChI is InChI=1S/C19H19F3N6O3S/c1-32(30,31)27-10-18(29,11-27)12-28-25-17(24-26-28)15-4-2-3-5-16(15)23-14-8-6-13(7-9-14)19(20,21)22/h2-9,23,29H,10-12H2,1H3. The molecule has 0 unspecified atom stereocenters. The van der Waals surface area contributed by atoms with E-state index in [1.807, 2.05) is 0 Å². The third kappa shape index (κ3) is 4.74. The summed E-state index contributed by atoms with van der Waals surface area (Å²) >= 11 is 0. The van der Waals surface area contributed by atoms with Crippen molar-refractivity contribution >= 4 is 21.4 Å². The lowest BCUT2D eigenvalue weighted by molar-refractivity contribution is -0.137.